The van der Waals surface area contributed by atoms with Crippen LogP contribution in [0.4, 0.5) is 0 Å². The standard InChI is InChI=1S/C24H25N3O4S/c1-5-8-31-21-11-25-17(10-19(21)28)12-27-15(3)26-23-22(24(27)29)18(13-32-23)16-6-7-20(30-4)14(2)9-16/h6-7,9-11,13H,5,8,12H2,1-4H3,(H,25,28). The Morgan fingerprint density at radius 1 is 1.16 bits per heavy atom. The molecule has 0 aliphatic heterocycles. The number of H-pyrrole nitrogens is 1. The molecule has 0 radical (unpaired) electrons. The van der Waals surface area contributed by atoms with E-state index in [4.69, 9.17) is 9.47 Å². The van der Waals surface area contributed by atoms with Crippen LogP contribution in [0.15, 0.2) is 45.4 Å². The molecule has 4 rings (SSSR count). The predicted molar refractivity (Wildman–Crippen MR) is 127 cm³/mol. The van der Waals surface area contributed by atoms with Crippen molar-refractivity contribution in [3.63, 3.8) is 0 Å². The van der Waals surface area contributed by atoms with Gasteiger partial charge in [0.05, 0.1) is 25.6 Å². The zero-order chi connectivity index (χ0) is 22.8. The lowest BCUT2D eigenvalue weighted by Crippen LogP contribution is -2.25. The molecule has 0 bridgehead atoms. The number of ether oxygens (including phenoxy) is 2. The molecular formula is C24H25N3O4S. The highest BCUT2D eigenvalue weighted by Gasteiger charge is 2.17. The number of methoxy groups -OCH3 is 1. The quantitative estimate of drug-likeness (QED) is 0.453. The summed E-state index contributed by atoms with van der Waals surface area (Å²) in [5.74, 6) is 1.67. The van der Waals surface area contributed by atoms with Gasteiger partial charge in [-0.05, 0) is 43.5 Å². The first-order chi connectivity index (χ1) is 15.4. The largest absolute Gasteiger partial charge is 0.496 e. The highest BCUT2D eigenvalue weighted by molar-refractivity contribution is 7.17. The average molecular weight is 452 g/mol. The SMILES string of the molecule is CCCOc1c[nH]c(Cn2c(C)nc3scc(-c4ccc(OC)c(C)c4)c3c2=O)cc1=O. The summed E-state index contributed by atoms with van der Waals surface area (Å²) >= 11 is 1.45. The van der Waals surface area contributed by atoms with E-state index >= 15 is 0 Å². The molecule has 1 aromatic carbocycles. The van der Waals surface area contributed by atoms with Gasteiger partial charge in [0.25, 0.3) is 5.56 Å². The summed E-state index contributed by atoms with van der Waals surface area (Å²) in [6, 6.07) is 7.34. The van der Waals surface area contributed by atoms with Crippen LogP contribution in [0.3, 0.4) is 0 Å². The maximum atomic E-state index is 13.5. The second kappa shape index (κ2) is 9.00. The lowest BCUT2D eigenvalue weighted by Gasteiger charge is -2.11. The van der Waals surface area contributed by atoms with Gasteiger partial charge in [-0.2, -0.15) is 0 Å². The highest BCUT2D eigenvalue weighted by Crippen LogP contribution is 2.33. The van der Waals surface area contributed by atoms with Gasteiger partial charge in [-0.15, -0.1) is 11.3 Å². The van der Waals surface area contributed by atoms with Gasteiger partial charge in [0.2, 0.25) is 5.43 Å². The summed E-state index contributed by atoms with van der Waals surface area (Å²) in [5, 5.41) is 2.54. The fraction of sp³-hybridized carbons (Fsp3) is 0.292. The smallest absolute Gasteiger partial charge is 0.263 e. The van der Waals surface area contributed by atoms with Crippen molar-refractivity contribution in [2.24, 2.45) is 0 Å². The minimum Gasteiger partial charge on any atom is -0.496 e. The Morgan fingerprint density at radius 3 is 2.66 bits per heavy atom. The van der Waals surface area contributed by atoms with E-state index in [1.807, 2.05) is 37.4 Å². The first-order valence-electron chi connectivity index (χ1n) is 10.4. The van der Waals surface area contributed by atoms with Crippen molar-refractivity contribution in [1.82, 2.24) is 14.5 Å². The highest BCUT2D eigenvalue weighted by atomic mass is 32.1. The number of nitrogens with zero attached hydrogens (tertiary/aromatic N) is 2. The van der Waals surface area contributed by atoms with Gasteiger partial charge in [0.15, 0.2) is 5.75 Å². The van der Waals surface area contributed by atoms with Gasteiger partial charge in [-0.3, -0.25) is 14.2 Å². The van der Waals surface area contributed by atoms with Crippen LogP contribution in [0.5, 0.6) is 11.5 Å². The van der Waals surface area contributed by atoms with Crippen LogP contribution in [0, 0.1) is 13.8 Å². The fourth-order valence-electron chi connectivity index (χ4n) is 3.66. The zero-order valence-electron chi connectivity index (χ0n) is 18.5. The van der Waals surface area contributed by atoms with Gasteiger partial charge >= 0.3 is 0 Å². The molecule has 4 aromatic rings. The van der Waals surface area contributed by atoms with E-state index in [1.165, 1.54) is 17.4 Å². The van der Waals surface area contributed by atoms with Gasteiger partial charge < -0.3 is 14.5 Å². The molecular weight excluding hydrogens is 426 g/mol. The Balaban J connectivity index is 1.76. The van der Waals surface area contributed by atoms with E-state index in [9.17, 15) is 9.59 Å². The topological polar surface area (TPSA) is 86.2 Å². The number of pyridine rings is 1. The van der Waals surface area contributed by atoms with Crippen LogP contribution >= 0.6 is 11.3 Å². The number of aryl methyl sites for hydroxylation is 2. The third-order valence-corrected chi connectivity index (χ3v) is 6.19. The van der Waals surface area contributed by atoms with Crippen LogP contribution in [0.2, 0.25) is 0 Å². The van der Waals surface area contributed by atoms with Crippen LogP contribution in [0.25, 0.3) is 21.3 Å². The Bertz CT molecular complexity index is 1400. The molecule has 7 nitrogen and oxygen atoms in total. The van der Waals surface area contributed by atoms with Crippen molar-refractivity contribution in [1.29, 1.82) is 0 Å². The van der Waals surface area contributed by atoms with E-state index < -0.39 is 0 Å². The van der Waals surface area contributed by atoms with E-state index in [-0.39, 0.29) is 23.3 Å². The number of fused-ring (bicyclic) bond motifs is 1. The number of aromatic amines is 1. The molecule has 0 unspecified atom stereocenters. The van der Waals surface area contributed by atoms with Crippen LogP contribution in [-0.2, 0) is 6.54 Å². The molecule has 8 heteroatoms. The first-order valence-corrected chi connectivity index (χ1v) is 11.3. The van der Waals surface area contributed by atoms with E-state index in [0.717, 1.165) is 28.9 Å². The molecule has 32 heavy (non-hydrogen) atoms. The molecule has 0 aliphatic carbocycles. The number of hydrogen-bond donors (Lipinski definition) is 1. The van der Waals surface area contributed by atoms with Crippen LogP contribution < -0.4 is 20.5 Å². The number of benzene rings is 1. The second-order valence-electron chi connectivity index (χ2n) is 7.60. The molecule has 0 spiro atoms. The number of rotatable bonds is 7. The average Bonchev–Trinajstić information content (AvgIpc) is 3.20. The van der Waals surface area contributed by atoms with Crippen molar-refractivity contribution in [3.8, 4) is 22.6 Å². The Hall–Kier alpha value is -3.39. The summed E-state index contributed by atoms with van der Waals surface area (Å²) in [5.41, 5.74) is 3.05. The van der Waals surface area contributed by atoms with Gasteiger partial charge in [-0.1, -0.05) is 13.0 Å². The number of nitrogens with one attached hydrogen (secondary N) is 1. The lowest BCUT2D eigenvalue weighted by atomic mass is 10.0. The van der Waals surface area contributed by atoms with E-state index in [1.54, 1.807) is 24.8 Å². The summed E-state index contributed by atoms with van der Waals surface area (Å²) in [7, 11) is 1.64. The molecule has 166 valence electrons. The Morgan fingerprint density at radius 2 is 1.97 bits per heavy atom. The van der Waals surface area contributed by atoms with Gasteiger partial charge in [0, 0.05) is 28.9 Å². The number of aromatic nitrogens is 3. The molecule has 1 N–H and O–H groups in total. The van der Waals surface area contributed by atoms with Crippen molar-refractivity contribution in [2.75, 3.05) is 13.7 Å². The third kappa shape index (κ3) is 4.05. The van der Waals surface area contributed by atoms with Gasteiger partial charge in [0.1, 0.15) is 16.4 Å². The minimum absolute atomic E-state index is 0.135. The maximum Gasteiger partial charge on any atom is 0.263 e. The summed E-state index contributed by atoms with van der Waals surface area (Å²) in [4.78, 5) is 34.3. The molecule has 0 saturated carbocycles. The van der Waals surface area contributed by atoms with E-state index in [0.29, 0.717) is 28.3 Å². The summed E-state index contributed by atoms with van der Waals surface area (Å²) in [6.07, 6.45) is 2.37. The monoisotopic (exact) mass is 451 g/mol. The van der Waals surface area contributed by atoms with Crippen molar-refractivity contribution in [3.05, 3.63) is 73.5 Å². The molecule has 0 saturated heterocycles. The third-order valence-electron chi connectivity index (χ3n) is 5.32. The van der Waals surface area contributed by atoms with Crippen molar-refractivity contribution < 1.29 is 9.47 Å². The van der Waals surface area contributed by atoms with Crippen LogP contribution in [-0.4, -0.2) is 28.3 Å². The number of thiophene rings is 1. The molecule has 3 aromatic heterocycles. The fourth-order valence-corrected chi connectivity index (χ4v) is 4.64. The molecule has 0 aliphatic rings. The Kier molecular flexibility index (Phi) is 6.14. The zero-order valence-corrected chi connectivity index (χ0v) is 19.3. The normalized spacial score (nSPS) is 11.1. The van der Waals surface area contributed by atoms with E-state index in [2.05, 4.69) is 9.97 Å². The molecule has 3 heterocycles. The summed E-state index contributed by atoms with van der Waals surface area (Å²) in [6.45, 7) is 6.45. The van der Waals surface area contributed by atoms with Crippen molar-refractivity contribution >= 4 is 21.6 Å². The first kappa shape index (κ1) is 21.8. The van der Waals surface area contributed by atoms with Crippen LogP contribution in [0.1, 0.15) is 30.4 Å². The molecule has 0 fully saturated rings. The predicted octanol–water partition coefficient (Wildman–Crippen LogP) is 4.28. The molecule has 0 atom stereocenters. The maximum absolute atomic E-state index is 13.5. The second-order valence-corrected chi connectivity index (χ2v) is 8.46. The van der Waals surface area contributed by atoms with Gasteiger partial charge in [-0.25, -0.2) is 4.98 Å². The number of hydrogen-bond acceptors (Lipinski definition) is 6. The summed E-state index contributed by atoms with van der Waals surface area (Å²) < 4.78 is 12.4. The Labute approximate surface area is 189 Å². The lowest BCUT2D eigenvalue weighted by molar-refractivity contribution is 0.313. The minimum atomic E-state index is -0.211. The molecule has 0 amide bonds. The van der Waals surface area contributed by atoms with Crippen molar-refractivity contribution in [2.45, 2.75) is 33.7 Å².